The van der Waals surface area contributed by atoms with Crippen molar-refractivity contribution >= 4 is 65.5 Å². The number of allylic oxidation sites excluding steroid dienone is 2. The van der Waals surface area contributed by atoms with E-state index in [0.29, 0.717) is 0 Å². The minimum Gasteiger partial charge on any atom is -0.0911 e. The fraction of sp³-hybridized carbons (Fsp3) is 0.0182. The molecule has 0 heterocycles. The van der Waals surface area contributed by atoms with Crippen molar-refractivity contribution in [3.8, 4) is 33.4 Å². The molecule has 10 aromatic carbocycles. The van der Waals surface area contributed by atoms with E-state index in [2.05, 4.69) is 214 Å². The standard InChI is InChI=1S/C55H38/c1-36-15-3-4-16-38(36)28-27-37(2)52-44-19-7-9-21-46(44)53(47-22-10-8-20-45(47)52)40-30-32-41(33-31-40)54-48-23-11-13-25-50(48)55(51-26-14-12-24-49(51)54)43-34-29-39-17-5-6-18-42(39)35-43/h3-35H,2H2,1H3/b28-27-. The van der Waals surface area contributed by atoms with Crippen LogP contribution in [0, 0.1) is 6.92 Å². The van der Waals surface area contributed by atoms with Gasteiger partial charge >= 0.3 is 0 Å². The average Bonchev–Trinajstić information content (AvgIpc) is 3.24. The van der Waals surface area contributed by atoms with E-state index < -0.39 is 0 Å². The van der Waals surface area contributed by atoms with Crippen LogP contribution in [0.15, 0.2) is 201 Å². The molecule has 0 atom stereocenters. The van der Waals surface area contributed by atoms with Crippen LogP contribution in [0.1, 0.15) is 16.7 Å². The van der Waals surface area contributed by atoms with E-state index in [0.717, 1.165) is 5.57 Å². The molecule has 258 valence electrons. The lowest BCUT2D eigenvalue weighted by Gasteiger charge is -2.19. The summed E-state index contributed by atoms with van der Waals surface area (Å²) in [7, 11) is 0. The molecule has 0 saturated heterocycles. The summed E-state index contributed by atoms with van der Waals surface area (Å²) in [6.45, 7) is 6.77. The van der Waals surface area contributed by atoms with Crippen molar-refractivity contribution in [3.05, 3.63) is 217 Å². The lowest BCUT2D eigenvalue weighted by atomic mass is 9.84. The summed E-state index contributed by atoms with van der Waals surface area (Å²) in [4.78, 5) is 0. The Labute approximate surface area is 322 Å². The van der Waals surface area contributed by atoms with E-state index in [4.69, 9.17) is 0 Å². The fourth-order valence-corrected chi connectivity index (χ4v) is 8.73. The molecule has 0 unspecified atom stereocenters. The van der Waals surface area contributed by atoms with Crippen LogP contribution < -0.4 is 0 Å². The summed E-state index contributed by atoms with van der Waals surface area (Å²) >= 11 is 0. The highest BCUT2D eigenvalue weighted by Crippen LogP contribution is 2.46. The first-order valence-electron chi connectivity index (χ1n) is 19.0. The average molecular weight is 699 g/mol. The van der Waals surface area contributed by atoms with Crippen LogP contribution in [-0.4, -0.2) is 0 Å². The Bertz CT molecular complexity index is 3040. The van der Waals surface area contributed by atoms with Gasteiger partial charge in [0, 0.05) is 0 Å². The zero-order chi connectivity index (χ0) is 36.9. The van der Waals surface area contributed by atoms with Gasteiger partial charge in [-0.2, -0.15) is 0 Å². The zero-order valence-corrected chi connectivity index (χ0v) is 30.8. The van der Waals surface area contributed by atoms with E-state index in [-0.39, 0.29) is 0 Å². The first kappa shape index (κ1) is 32.6. The van der Waals surface area contributed by atoms with Gasteiger partial charge in [-0.3, -0.25) is 0 Å². The molecule has 0 radical (unpaired) electrons. The van der Waals surface area contributed by atoms with Crippen molar-refractivity contribution in [2.24, 2.45) is 0 Å². The van der Waals surface area contributed by atoms with Crippen molar-refractivity contribution in [1.29, 1.82) is 0 Å². The van der Waals surface area contributed by atoms with Gasteiger partial charge in [0.15, 0.2) is 0 Å². The smallest absolute Gasteiger partial charge is 0.00262 e. The third kappa shape index (κ3) is 5.54. The second-order valence-corrected chi connectivity index (χ2v) is 14.5. The number of aryl methyl sites for hydroxylation is 1. The van der Waals surface area contributed by atoms with Crippen LogP contribution >= 0.6 is 0 Å². The molecule has 55 heavy (non-hydrogen) atoms. The van der Waals surface area contributed by atoms with E-state index in [1.165, 1.54) is 104 Å². The van der Waals surface area contributed by atoms with Crippen LogP contribution in [0.4, 0.5) is 0 Å². The molecule has 0 aromatic heterocycles. The summed E-state index contributed by atoms with van der Waals surface area (Å²) in [5.74, 6) is 0. The number of rotatable bonds is 6. The SMILES string of the molecule is C=C(/C=C\c1ccccc1C)c1c2ccccc2c(-c2ccc(-c3c4ccccc4c(-c4ccc5ccccc5c4)c4ccccc34)cc2)c2ccccc12. The Hall–Kier alpha value is -7.02. The van der Waals surface area contributed by atoms with Gasteiger partial charge < -0.3 is 0 Å². The normalized spacial score (nSPS) is 11.7. The van der Waals surface area contributed by atoms with Crippen LogP contribution in [-0.2, 0) is 0 Å². The number of fused-ring (bicyclic) bond motifs is 5. The Balaban J connectivity index is 1.14. The summed E-state index contributed by atoms with van der Waals surface area (Å²) in [5, 5.41) is 12.4. The van der Waals surface area contributed by atoms with E-state index >= 15 is 0 Å². The third-order valence-electron chi connectivity index (χ3n) is 11.3. The largest absolute Gasteiger partial charge is 0.0911 e. The topological polar surface area (TPSA) is 0 Å². The van der Waals surface area contributed by atoms with Crippen LogP contribution in [0.5, 0.6) is 0 Å². The number of benzene rings is 10. The molecule has 0 nitrogen and oxygen atoms in total. The predicted octanol–water partition coefficient (Wildman–Crippen LogP) is 15.5. The van der Waals surface area contributed by atoms with Crippen LogP contribution in [0.3, 0.4) is 0 Å². The van der Waals surface area contributed by atoms with Crippen LogP contribution in [0.25, 0.3) is 98.9 Å². The second kappa shape index (κ2) is 13.4. The minimum atomic E-state index is 1.00. The Morgan fingerprint density at radius 1 is 0.382 bits per heavy atom. The monoisotopic (exact) mass is 698 g/mol. The van der Waals surface area contributed by atoms with Gasteiger partial charge in [-0.15, -0.1) is 0 Å². The Kier molecular flexibility index (Phi) is 7.97. The highest BCUT2D eigenvalue weighted by molar-refractivity contribution is 6.22. The summed E-state index contributed by atoms with van der Waals surface area (Å²) in [5.41, 5.74) is 12.1. The Morgan fingerprint density at radius 3 is 1.27 bits per heavy atom. The first-order valence-corrected chi connectivity index (χ1v) is 19.0. The predicted molar refractivity (Wildman–Crippen MR) is 240 cm³/mol. The van der Waals surface area contributed by atoms with Crippen LogP contribution in [0.2, 0.25) is 0 Å². The quantitative estimate of drug-likeness (QED) is 0.120. The minimum absolute atomic E-state index is 1.00. The van der Waals surface area contributed by atoms with Gasteiger partial charge in [0.2, 0.25) is 0 Å². The molecular formula is C55H38. The van der Waals surface area contributed by atoms with Gasteiger partial charge in [0.1, 0.15) is 0 Å². The van der Waals surface area contributed by atoms with E-state index in [1.54, 1.807) is 0 Å². The molecule has 0 bridgehead atoms. The molecule has 0 amide bonds. The maximum atomic E-state index is 4.62. The zero-order valence-electron chi connectivity index (χ0n) is 30.8. The van der Waals surface area contributed by atoms with Gasteiger partial charge in [-0.1, -0.05) is 201 Å². The molecule has 0 heteroatoms. The van der Waals surface area contributed by atoms with Gasteiger partial charge in [0.25, 0.3) is 0 Å². The van der Waals surface area contributed by atoms with Crippen molar-refractivity contribution in [2.75, 3.05) is 0 Å². The molecule has 0 fully saturated rings. The number of hydrogen-bond donors (Lipinski definition) is 0. The Morgan fingerprint density at radius 2 is 0.764 bits per heavy atom. The summed E-state index contributed by atoms with van der Waals surface area (Å²) in [6.07, 6.45) is 4.36. The molecule has 0 spiro atoms. The molecule has 0 aliphatic rings. The molecule has 0 aliphatic carbocycles. The third-order valence-corrected chi connectivity index (χ3v) is 11.3. The maximum Gasteiger partial charge on any atom is -0.00262 e. The van der Waals surface area contributed by atoms with Gasteiger partial charge in [-0.05, 0) is 122 Å². The fourth-order valence-electron chi connectivity index (χ4n) is 8.73. The van der Waals surface area contributed by atoms with E-state index in [1.807, 2.05) is 0 Å². The molecule has 10 aromatic rings. The molecule has 10 rings (SSSR count). The van der Waals surface area contributed by atoms with Crippen molar-refractivity contribution in [1.82, 2.24) is 0 Å². The summed E-state index contributed by atoms with van der Waals surface area (Å²) < 4.78 is 0. The molecular weight excluding hydrogens is 661 g/mol. The van der Waals surface area contributed by atoms with Crippen molar-refractivity contribution in [3.63, 3.8) is 0 Å². The first-order chi connectivity index (χ1) is 27.1. The maximum absolute atomic E-state index is 4.62. The molecule has 0 aliphatic heterocycles. The lowest BCUT2D eigenvalue weighted by Crippen LogP contribution is -1.93. The lowest BCUT2D eigenvalue weighted by molar-refractivity contribution is 1.44. The van der Waals surface area contributed by atoms with Gasteiger partial charge in [-0.25, -0.2) is 0 Å². The molecule has 0 saturated carbocycles. The summed E-state index contributed by atoms with van der Waals surface area (Å²) in [6, 6.07) is 68.7. The van der Waals surface area contributed by atoms with Crippen molar-refractivity contribution in [2.45, 2.75) is 6.92 Å². The molecule has 0 N–H and O–H groups in total. The second-order valence-electron chi connectivity index (χ2n) is 14.5. The number of hydrogen-bond acceptors (Lipinski definition) is 0. The highest BCUT2D eigenvalue weighted by atomic mass is 14.2. The van der Waals surface area contributed by atoms with Crippen molar-refractivity contribution < 1.29 is 0 Å². The van der Waals surface area contributed by atoms with E-state index in [9.17, 15) is 0 Å². The highest BCUT2D eigenvalue weighted by Gasteiger charge is 2.19. The van der Waals surface area contributed by atoms with Gasteiger partial charge in [0.05, 0.1) is 0 Å².